The van der Waals surface area contributed by atoms with Crippen LogP contribution in [0.25, 0.3) is 0 Å². The van der Waals surface area contributed by atoms with Gasteiger partial charge in [0.05, 0.1) is 35.4 Å². The van der Waals surface area contributed by atoms with Gasteiger partial charge in [-0.1, -0.05) is 30.3 Å². The zero-order valence-corrected chi connectivity index (χ0v) is 18.0. The lowest BCUT2D eigenvalue weighted by Crippen LogP contribution is -2.59. The van der Waals surface area contributed by atoms with Gasteiger partial charge < -0.3 is 20.1 Å². The lowest BCUT2D eigenvalue weighted by atomic mass is 9.80. The van der Waals surface area contributed by atoms with Crippen LogP contribution in [0.15, 0.2) is 48.5 Å². The summed E-state index contributed by atoms with van der Waals surface area (Å²) >= 11 is 0. The van der Waals surface area contributed by atoms with Gasteiger partial charge in [-0.3, -0.25) is 0 Å². The highest BCUT2D eigenvalue weighted by Gasteiger charge is 2.47. The molecule has 2 heterocycles. The Morgan fingerprint density at radius 3 is 2.26 bits per heavy atom. The topological polar surface area (TPSA) is 59.6 Å². The zero-order chi connectivity index (χ0) is 24.7. The number of piperidine rings is 1. The van der Waals surface area contributed by atoms with E-state index in [-0.39, 0.29) is 24.3 Å². The molecule has 1 amide bonds. The standard InChI is InChI=1S/C23H22F6N2O3/c1-13(14-7-16(22(24,25)26)9-17(8-14)23(27,28)29)33-12-21(15-5-3-2-4-6-15)10-19-18(11-30-21)31-20(32)34-19/h2-9,13,18-19,30H,10-12H2,1H3,(H,31,32)/t13-,18?,19?,21-/m1/s1. The maximum Gasteiger partial charge on any atom is 0.416 e. The molecule has 0 aromatic heterocycles. The van der Waals surface area contributed by atoms with Crippen molar-refractivity contribution in [3.63, 3.8) is 0 Å². The fourth-order valence-corrected chi connectivity index (χ4v) is 4.33. The summed E-state index contributed by atoms with van der Waals surface area (Å²) in [5.74, 6) is 0. The average molecular weight is 488 g/mol. The van der Waals surface area contributed by atoms with Crippen LogP contribution in [0.5, 0.6) is 0 Å². The highest BCUT2D eigenvalue weighted by molar-refractivity contribution is 5.70. The monoisotopic (exact) mass is 488 g/mol. The second-order valence-electron chi connectivity index (χ2n) is 8.52. The van der Waals surface area contributed by atoms with Crippen molar-refractivity contribution in [2.24, 2.45) is 0 Å². The molecule has 5 nitrogen and oxygen atoms in total. The summed E-state index contributed by atoms with van der Waals surface area (Å²) in [4.78, 5) is 11.7. The summed E-state index contributed by atoms with van der Waals surface area (Å²) in [5.41, 5.74) is -3.10. The van der Waals surface area contributed by atoms with Crippen molar-refractivity contribution >= 4 is 6.09 Å². The van der Waals surface area contributed by atoms with E-state index in [4.69, 9.17) is 9.47 Å². The second kappa shape index (κ2) is 8.77. The third kappa shape index (κ3) is 5.00. The minimum absolute atomic E-state index is 0.0729. The van der Waals surface area contributed by atoms with Crippen LogP contribution in [0, 0.1) is 0 Å². The molecule has 4 rings (SSSR count). The maximum atomic E-state index is 13.2. The summed E-state index contributed by atoms with van der Waals surface area (Å²) in [6, 6.07) is 10.3. The van der Waals surface area contributed by atoms with Crippen LogP contribution in [-0.2, 0) is 27.4 Å². The Balaban J connectivity index is 1.61. The van der Waals surface area contributed by atoms with Gasteiger partial charge in [0.1, 0.15) is 6.10 Å². The number of halogens is 6. The Morgan fingerprint density at radius 2 is 1.68 bits per heavy atom. The molecule has 4 atom stereocenters. The normalized spacial score (nSPS) is 25.9. The smallest absolute Gasteiger partial charge is 0.416 e. The Hall–Kier alpha value is -2.79. The summed E-state index contributed by atoms with van der Waals surface area (Å²) in [5, 5.41) is 6.04. The van der Waals surface area contributed by atoms with E-state index in [1.807, 2.05) is 18.2 Å². The fraction of sp³-hybridized carbons (Fsp3) is 0.435. The highest BCUT2D eigenvalue weighted by atomic mass is 19.4. The van der Waals surface area contributed by atoms with Crippen molar-refractivity contribution in [3.8, 4) is 0 Å². The number of hydrogen-bond donors (Lipinski definition) is 2. The Morgan fingerprint density at radius 1 is 1.06 bits per heavy atom. The first kappa shape index (κ1) is 24.3. The molecule has 2 unspecified atom stereocenters. The van der Waals surface area contributed by atoms with E-state index in [9.17, 15) is 31.1 Å². The van der Waals surface area contributed by atoms with Crippen LogP contribution < -0.4 is 10.6 Å². The van der Waals surface area contributed by atoms with Crippen LogP contribution in [0.4, 0.5) is 31.1 Å². The summed E-state index contributed by atoms with van der Waals surface area (Å²) in [6.07, 6.45) is -11.7. The third-order valence-electron chi connectivity index (χ3n) is 6.21. The van der Waals surface area contributed by atoms with Crippen molar-refractivity contribution < 1.29 is 40.6 Å². The third-order valence-corrected chi connectivity index (χ3v) is 6.21. The quantitative estimate of drug-likeness (QED) is 0.571. The predicted molar refractivity (Wildman–Crippen MR) is 109 cm³/mol. The lowest BCUT2D eigenvalue weighted by Gasteiger charge is -2.42. The molecule has 0 saturated carbocycles. The van der Waals surface area contributed by atoms with Gasteiger partial charge in [0, 0.05) is 13.0 Å². The molecule has 2 aromatic rings. The lowest BCUT2D eigenvalue weighted by molar-refractivity contribution is -0.143. The number of ether oxygens (including phenoxy) is 2. The minimum atomic E-state index is -4.94. The molecule has 0 radical (unpaired) electrons. The molecule has 2 fully saturated rings. The summed E-state index contributed by atoms with van der Waals surface area (Å²) in [6.45, 7) is 1.68. The molecule has 2 aliphatic rings. The number of nitrogens with one attached hydrogen (secondary N) is 2. The first-order valence-electron chi connectivity index (χ1n) is 10.6. The Labute approximate surface area is 191 Å². The maximum absolute atomic E-state index is 13.2. The van der Waals surface area contributed by atoms with Crippen LogP contribution in [0.3, 0.4) is 0 Å². The first-order chi connectivity index (χ1) is 15.9. The van der Waals surface area contributed by atoms with Crippen molar-refractivity contribution in [2.75, 3.05) is 13.2 Å². The second-order valence-corrected chi connectivity index (χ2v) is 8.52. The van der Waals surface area contributed by atoms with Gasteiger partial charge in [-0.15, -0.1) is 0 Å². The molecule has 2 N–H and O–H groups in total. The van der Waals surface area contributed by atoms with E-state index in [2.05, 4.69) is 10.6 Å². The van der Waals surface area contributed by atoms with Gasteiger partial charge in [0.15, 0.2) is 0 Å². The van der Waals surface area contributed by atoms with Gasteiger partial charge in [0.2, 0.25) is 0 Å². The number of carbonyl (C=O) groups is 1. The van der Waals surface area contributed by atoms with E-state index < -0.39 is 47.3 Å². The van der Waals surface area contributed by atoms with Gasteiger partial charge in [-0.05, 0) is 36.2 Å². The van der Waals surface area contributed by atoms with Crippen LogP contribution in [-0.4, -0.2) is 31.4 Å². The molecule has 2 aliphatic heterocycles. The summed E-state index contributed by atoms with van der Waals surface area (Å²) in [7, 11) is 0. The molecular formula is C23H22F6N2O3. The molecule has 34 heavy (non-hydrogen) atoms. The largest absolute Gasteiger partial charge is 0.444 e. The van der Waals surface area contributed by atoms with Crippen molar-refractivity contribution in [2.45, 2.75) is 49.5 Å². The van der Waals surface area contributed by atoms with Gasteiger partial charge in [0.25, 0.3) is 0 Å². The van der Waals surface area contributed by atoms with Crippen molar-refractivity contribution in [3.05, 3.63) is 70.8 Å². The van der Waals surface area contributed by atoms with Crippen molar-refractivity contribution in [1.82, 2.24) is 10.6 Å². The van der Waals surface area contributed by atoms with Crippen LogP contribution in [0.2, 0.25) is 0 Å². The highest BCUT2D eigenvalue weighted by Crippen LogP contribution is 2.39. The van der Waals surface area contributed by atoms with Crippen LogP contribution >= 0.6 is 0 Å². The Kier molecular flexibility index (Phi) is 6.28. The number of benzene rings is 2. The number of rotatable bonds is 5. The fourth-order valence-electron chi connectivity index (χ4n) is 4.33. The Bertz CT molecular complexity index is 1010. The molecule has 0 bridgehead atoms. The number of amides is 1. The van der Waals surface area contributed by atoms with Crippen LogP contribution in [0.1, 0.15) is 41.7 Å². The number of fused-ring (bicyclic) bond motifs is 1. The number of carbonyl (C=O) groups excluding carboxylic acids is 1. The van der Waals surface area contributed by atoms with Gasteiger partial charge in [-0.2, -0.15) is 26.3 Å². The van der Waals surface area contributed by atoms with E-state index in [0.717, 1.165) is 5.56 Å². The van der Waals surface area contributed by atoms with E-state index in [1.54, 1.807) is 12.1 Å². The molecule has 2 saturated heterocycles. The predicted octanol–water partition coefficient (Wildman–Crippen LogP) is 5.17. The molecule has 0 spiro atoms. The zero-order valence-electron chi connectivity index (χ0n) is 18.0. The average Bonchev–Trinajstić information content (AvgIpc) is 3.15. The SMILES string of the molecule is C[C@@H](OC[C@@]1(c2ccccc2)CC2OC(=O)NC2CN1)c1cc(C(F)(F)F)cc(C(F)(F)F)c1. The van der Waals surface area contributed by atoms with E-state index in [0.29, 0.717) is 25.1 Å². The minimum Gasteiger partial charge on any atom is -0.444 e. The number of hydrogen-bond acceptors (Lipinski definition) is 4. The van der Waals surface area contributed by atoms with E-state index >= 15 is 0 Å². The summed E-state index contributed by atoms with van der Waals surface area (Å²) < 4.78 is 90.7. The molecular weight excluding hydrogens is 466 g/mol. The molecule has 0 aliphatic carbocycles. The first-order valence-corrected chi connectivity index (χ1v) is 10.6. The van der Waals surface area contributed by atoms with E-state index in [1.165, 1.54) is 6.92 Å². The van der Waals surface area contributed by atoms with Gasteiger partial charge >= 0.3 is 18.4 Å². The number of alkyl carbamates (subject to hydrolysis) is 1. The van der Waals surface area contributed by atoms with Crippen molar-refractivity contribution in [1.29, 1.82) is 0 Å². The number of alkyl halides is 6. The molecule has 2 aromatic carbocycles. The van der Waals surface area contributed by atoms with Gasteiger partial charge in [-0.25, -0.2) is 4.79 Å². The molecule has 11 heteroatoms. The molecule has 184 valence electrons.